The van der Waals surface area contributed by atoms with Crippen LogP contribution in [0.25, 0.3) is 10.9 Å². The maximum atomic E-state index is 6.43. The van der Waals surface area contributed by atoms with Crippen LogP contribution in [0.4, 0.5) is 0 Å². The quantitative estimate of drug-likeness (QED) is 0.931. The van der Waals surface area contributed by atoms with Crippen LogP contribution in [0.5, 0.6) is 0 Å². The minimum absolute atomic E-state index is 0.260. The van der Waals surface area contributed by atoms with E-state index in [0.29, 0.717) is 5.25 Å². The highest BCUT2D eigenvalue weighted by Gasteiger charge is 2.21. The van der Waals surface area contributed by atoms with Crippen molar-refractivity contribution >= 4 is 22.7 Å². The fourth-order valence-electron chi connectivity index (χ4n) is 2.82. The zero-order chi connectivity index (χ0) is 13.1. The normalized spacial score (nSPS) is 21.4. The molecule has 0 saturated carbocycles. The van der Waals surface area contributed by atoms with Crippen molar-refractivity contribution in [1.29, 1.82) is 0 Å². The molecule has 2 heterocycles. The highest BCUT2D eigenvalue weighted by molar-refractivity contribution is 8.00. The molecule has 100 valence electrons. The van der Waals surface area contributed by atoms with Crippen LogP contribution in [0.1, 0.15) is 24.8 Å². The van der Waals surface area contributed by atoms with Gasteiger partial charge in [0.15, 0.2) is 0 Å². The molecule has 1 aliphatic heterocycles. The molecule has 0 radical (unpaired) electrons. The third-order valence-electron chi connectivity index (χ3n) is 3.89. The Balaban J connectivity index is 1.80. The summed E-state index contributed by atoms with van der Waals surface area (Å²) in [6, 6.07) is 10.7. The Morgan fingerprint density at radius 3 is 3.00 bits per heavy atom. The van der Waals surface area contributed by atoms with E-state index < -0.39 is 0 Å². The van der Waals surface area contributed by atoms with Crippen LogP contribution < -0.4 is 5.73 Å². The number of pyridine rings is 1. The molecule has 1 aromatic heterocycles. The molecule has 0 spiro atoms. The lowest BCUT2D eigenvalue weighted by Gasteiger charge is -2.27. The fourth-order valence-corrected chi connectivity index (χ4v) is 4.17. The smallest absolute Gasteiger partial charge is 0.0704 e. The van der Waals surface area contributed by atoms with Crippen molar-refractivity contribution in [2.24, 2.45) is 5.73 Å². The number of hydrogen-bond donors (Lipinski definition) is 1. The Morgan fingerprint density at radius 2 is 2.16 bits per heavy atom. The monoisotopic (exact) mass is 272 g/mol. The van der Waals surface area contributed by atoms with E-state index in [1.807, 2.05) is 12.3 Å². The molecule has 1 saturated heterocycles. The number of nitrogens with zero attached hydrogens (tertiary/aromatic N) is 1. The number of fused-ring (bicyclic) bond motifs is 1. The summed E-state index contributed by atoms with van der Waals surface area (Å²) in [5.41, 5.74) is 8.84. The predicted octanol–water partition coefficient (Wildman–Crippen LogP) is 3.39. The lowest BCUT2D eigenvalue weighted by molar-refractivity contribution is 0.560. The molecule has 3 heteroatoms. The van der Waals surface area contributed by atoms with Gasteiger partial charge < -0.3 is 5.73 Å². The zero-order valence-electron chi connectivity index (χ0n) is 11.1. The average Bonchev–Trinajstić information content (AvgIpc) is 2.48. The van der Waals surface area contributed by atoms with Gasteiger partial charge in [-0.25, -0.2) is 0 Å². The third-order valence-corrected chi connectivity index (χ3v) is 5.43. The van der Waals surface area contributed by atoms with E-state index in [0.717, 1.165) is 11.9 Å². The van der Waals surface area contributed by atoms with Crippen LogP contribution in [-0.4, -0.2) is 22.0 Å². The molecule has 1 aromatic carbocycles. The molecule has 3 rings (SSSR count). The number of aromatic nitrogens is 1. The van der Waals surface area contributed by atoms with Gasteiger partial charge >= 0.3 is 0 Å². The second kappa shape index (κ2) is 5.93. The van der Waals surface area contributed by atoms with Gasteiger partial charge in [-0.2, -0.15) is 11.8 Å². The summed E-state index contributed by atoms with van der Waals surface area (Å²) in [6.45, 7) is 0. The first-order valence-electron chi connectivity index (χ1n) is 7.04. The van der Waals surface area contributed by atoms with E-state index in [2.05, 4.69) is 41.0 Å². The van der Waals surface area contributed by atoms with Crippen LogP contribution in [0, 0.1) is 0 Å². The molecule has 2 aromatic rings. The molecule has 1 aliphatic rings. The average molecular weight is 272 g/mol. The van der Waals surface area contributed by atoms with Crippen molar-refractivity contribution < 1.29 is 0 Å². The van der Waals surface area contributed by atoms with Gasteiger partial charge in [-0.05, 0) is 42.7 Å². The van der Waals surface area contributed by atoms with Gasteiger partial charge in [0.05, 0.1) is 5.52 Å². The van der Waals surface area contributed by atoms with Crippen LogP contribution in [0.15, 0.2) is 36.5 Å². The maximum Gasteiger partial charge on any atom is 0.0704 e. The number of rotatable bonds is 3. The van der Waals surface area contributed by atoms with Crippen LogP contribution >= 0.6 is 11.8 Å². The minimum atomic E-state index is 0.260. The molecule has 2 nitrogen and oxygen atoms in total. The number of para-hydroxylation sites is 1. The van der Waals surface area contributed by atoms with Gasteiger partial charge in [0.1, 0.15) is 0 Å². The second-order valence-corrected chi connectivity index (χ2v) is 6.61. The summed E-state index contributed by atoms with van der Waals surface area (Å²) in [4.78, 5) is 4.42. The first-order valence-corrected chi connectivity index (χ1v) is 8.09. The molecule has 0 aliphatic carbocycles. The minimum Gasteiger partial charge on any atom is -0.326 e. The van der Waals surface area contributed by atoms with Crippen molar-refractivity contribution in [1.82, 2.24) is 4.98 Å². The topological polar surface area (TPSA) is 38.9 Å². The summed E-state index contributed by atoms with van der Waals surface area (Å²) in [6.07, 6.45) is 6.82. The van der Waals surface area contributed by atoms with Gasteiger partial charge in [-0.15, -0.1) is 0 Å². The summed E-state index contributed by atoms with van der Waals surface area (Å²) >= 11 is 2.06. The Bertz CT molecular complexity index is 544. The van der Waals surface area contributed by atoms with Crippen molar-refractivity contribution in [2.75, 3.05) is 5.75 Å². The van der Waals surface area contributed by atoms with Gasteiger partial charge in [0, 0.05) is 22.9 Å². The highest BCUT2D eigenvalue weighted by Crippen LogP contribution is 2.29. The molecular formula is C16H20N2S. The van der Waals surface area contributed by atoms with E-state index >= 15 is 0 Å². The van der Waals surface area contributed by atoms with E-state index in [1.54, 1.807) is 0 Å². The van der Waals surface area contributed by atoms with E-state index in [1.165, 1.54) is 36.0 Å². The largest absolute Gasteiger partial charge is 0.326 e. The van der Waals surface area contributed by atoms with Gasteiger partial charge in [-0.3, -0.25) is 4.98 Å². The van der Waals surface area contributed by atoms with Crippen LogP contribution in [-0.2, 0) is 6.42 Å². The lowest BCUT2D eigenvalue weighted by atomic mass is 9.98. The molecule has 2 unspecified atom stereocenters. The zero-order valence-corrected chi connectivity index (χ0v) is 11.9. The van der Waals surface area contributed by atoms with Crippen LogP contribution in [0.2, 0.25) is 0 Å². The molecule has 2 atom stereocenters. The second-order valence-electron chi connectivity index (χ2n) is 5.26. The van der Waals surface area contributed by atoms with E-state index in [-0.39, 0.29) is 6.04 Å². The molecule has 1 fully saturated rings. The number of nitrogens with two attached hydrogens (primary N) is 1. The van der Waals surface area contributed by atoms with E-state index in [9.17, 15) is 0 Å². The Labute approximate surface area is 118 Å². The van der Waals surface area contributed by atoms with Crippen molar-refractivity contribution in [3.05, 3.63) is 42.1 Å². The summed E-state index contributed by atoms with van der Waals surface area (Å²) in [7, 11) is 0. The summed E-state index contributed by atoms with van der Waals surface area (Å²) in [5, 5.41) is 1.88. The molecular weight excluding hydrogens is 252 g/mol. The number of benzene rings is 1. The highest BCUT2D eigenvalue weighted by atomic mass is 32.2. The van der Waals surface area contributed by atoms with Crippen molar-refractivity contribution in [3.8, 4) is 0 Å². The first kappa shape index (κ1) is 12.9. The Morgan fingerprint density at radius 1 is 1.26 bits per heavy atom. The summed E-state index contributed by atoms with van der Waals surface area (Å²) < 4.78 is 0. The molecule has 0 amide bonds. The third kappa shape index (κ3) is 2.93. The molecule has 19 heavy (non-hydrogen) atoms. The number of hydrogen-bond acceptors (Lipinski definition) is 3. The standard InChI is InChI=1S/C16H20N2S/c17-14(16-7-3-4-10-19-16)11-12-8-9-18-15-6-2-1-5-13(12)15/h1-2,5-6,8-9,14,16H,3-4,7,10-11,17H2. The van der Waals surface area contributed by atoms with Crippen molar-refractivity contribution in [2.45, 2.75) is 37.0 Å². The maximum absolute atomic E-state index is 6.43. The Kier molecular flexibility index (Phi) is 4.04. The number of thioether (sulfide) groups is 1. The van der Waals surface area contributed by atoms with Gasteiger partial charge in [0.2, 0.25) is 0 Å². The SMILES string of the molecule is NC(Cc1ccnc2ccccc12)C1CCCCS1. The van der Waals surface area contributed by atoms with Gasteiger partial charge in [-0.1, -0.05) is 24.6 Å². The Hall–Kier alpha value is -1.06. The predicted molar refractivity (Wildman–Crippen MR) is 83.5 cm³/mol. The fraction of sp³-hybridized carbons (Fsp3) is 0.438. The van der Waals surface area contributed by atoms with Crippen LogP contribution in [0.3, 0.4) is 0 Å². The van der Waals surface area contributed by atoms with E-state index in [4.69, 9.17) is 5.73 Å². The molecule has 2 N–H and O–H groups in total. The summed E-state index contributed by atoms with van der Waals surface area (Å²) in [5.74, 6) is 1.27. The first-order chi connectivity index (χ1) is 9.34. The van der Waals surface area contributed by atoms with Crippen molar-refractivity contribution in [3.63, 3.8) is 0 Å². The van der Waals surface area contributed by atoms with Gasteiger partial charge in [0.25, 0.3) is 0 Å². The lowest BCUT2D eigenvalue weighted by Crippen LogP contribution is -2.36. The molecule has 0 bridgehead atoms.